The van der Waals surface area contributed by atoms with Crippen LogP contribution in [0.4, 0.5) is 0 Å². The minimum atomic E-state index is 0.0134. The topological polar surface area (TPSA) is 52.6 Å². The van der Waals surface area contributed by atoms with Gasteiger partial charge in [-0.25, -0.2) is 0 Å². The number of hydrogen-bond acceptors (Lipinski definition) is 4. The number of ether oxygens (including phenoxy) is 2. The summed E-state index contributed by atoms with van der Waals surface area (Å²) in [7, 11) is 0. The number of carbonyl (C=O) groups is 2. The highest BCUT2D eigenvalue weighted by atomic mass is 16.5. The molecular formula is C49H98O4. The molecule has 0 unspecified atom stereocenters. The van der Waals surface area contributed by atoms with Crippen LogP contribution < -0.4 is 0 Å². The molecule has 4 heteroatoms. The van der Waals surface area contributed by atoms with E-state index >= 15 is 0 Å². The number of hydrogen-bond donors (Lipinski definition) is 0. The van der Waals surface area contributed by atoms with E-state index in [-0.39, 0.29) is 11.9 Å². The lowest BCUT2D eigenvalue weighted by Gasteiger charge is -2.05. The van der Waals surface area contributed by atoms with E-state index in [0.29, 0.717) is 26.1 Å². The van der Waals surface area contributed by atoms with Crippen LogP contribution in [0.3, 0.4) is 0 Å². The molecule has 0 bridgehead atoms. The molecule has 0 rings (SSSR count). The van der Waals surface area contributed by atoms with Gasteiger partial charge in [0.2, 0.25) is 0 Å². The summed E-state index contributed by atoms with van der Waals surface area (Å²) in [5, 5.41) is 0. The zero-order chi connectivity index (χ0) is 39.0. The van der Waals surface area contributed by atoms with Crippen molar-refractivity contribution in [3.8, 4) is 0 Å². The summed E-state index contributed by atoms with van der Waals surface area (Å²) in [6, 6.07) is 0. The third kappa shape index (κ3) is 53.1. The smallest absolute Gasteiger partial charge is 0.305 e. The average Bonchev–Trinajstić information content (AvgIpc) is 3.16. The molecule has 0 saturated heterocycles. The summed E-state index contributed by atoms with van der Waals surface area (Å²) in [5.41, 5.74) is 0. The summed E-state index contributed by atoms with van der Waals surface area (Å²) in [6.45, 7) is 10.3. The van der Waals surface area contributed by atoms with Crippen LogP contribution in [-0.4, -0.2) is 25.2 Å². The predicted molar refractivity (Wildman–Crippen MR) is 234 cm³/mol. The molecule has 318 valence electrons. The Balaban J connectivity index is 0. The van der Waals surface area contributed by atoms with Gasteiger partial charge < -0.3 is 9.47 Å². The average molecular weight is 751 g/mol. The maximum absolute atomic E-state index is 11.6. The van der Waals surface area contributed by atoms with Gasteiger partial charge in [-0.3, -0.25) is 9.59 Å². The molecule has 0 amide bonds. The zero-order valence-corrected chi connectivity index (χ0v) is 37.0. The maximum atomic E-state index is 11.6. The summed E-state index contributed by atoms with van der Waals surface area (Å²) >= 11 is 0. The summed E-state index contributed by atoms with van der Waals surface area (Å²) in [5.74, 6) is 0.0274. The van der Waals surface area contributed by atoms with Crippen molar-refractivity contribution in [1.82, 2.24) is 0 Å². The van der Waals surface area contributed by atoms with Gasteiger partial charge in [0.15, 0.2) is 0 Å². The minimum Gasteiger partial charge on any atom is -0.466 e. The van der Waals surface area contributed by atoms with Gasteiger partial charge in [0, 0.05) is 12.8 Å². The van der Waals surface area contributed by atoms with Gasteiger partial charge in [0.1, 0.15) is 0 Å². The van der Waals surface area contributed by atoms with E-state index < -0.39 is 0 Å². The van der Waals surface area contributed by atoms with Crippen LogP contribution in [0.5, 0.6) is 0 Å². The van der Waals surface area contributed by atoms with Gasteiger partial charge in [0.25, 0.3) is 0 Å². The predicted octanol–water partition coefficient (Wildman–Crippen LogP) is 17.1. The van der Waals surface area contributed by atoms with Gasteiger partial charge in [-0.05, 0) is 25.7 Å². The summed E-state index contributed by atoms with van der Waals surface area (Å²) < 4.78 is 10.7. The van der Waals surface area contributed by atoms with E-state index in [1.54, 1.807) is 0 Å². The van der Waals surface area contributed by atoms with Crippen molar-refractivity contribution in [2.75, 3.05) is 13.2 Å². The van der Waals surface area contributed by atoms with Crippen LogP contribution in [0.15, 0.2) is 0 Å². The minimum absolute atomic E-state index is 0.0134. The fraction of sp³-hybridized carbons (Fsp3) is 0.959. The Morgan fingerprint density at radius 3 is 0.623 bits per heavy atom. The monoisotopic (exact) mass is 751 g/mol. The quantitative estimate of drug-likeness (QED) is 0.0460. The Hall–Kier alpha value is -1.06. The Kier molecular flexibility index (Phi) is 51.9. The number of rotatable bonds is 43. The SMILES string of the molecule is CCCCCCCCCCCCCCCCOC(=O)CCCCCCCC.CCCCCCCCCCCCCCCOC(=O)CCCCCCCC. The highest BCUT2D eigenvalue weighted by Gasteiger charge is 2.04. The first-order valence-electron chi connectivity index (χ1n) is 24.4. The molecule has 0 radical (unpaired) electrons. The molecule has 53 heavy (non-hydrogen) atoms. The fourth-order valence-corrected chi connectivity index (χ4v) is 7.03. The fourth-order valence-electron chi connectivity index (χ4n) is 7.03. The largest absolute Gasteiger partial charge is 0.466 e. The molecule has 0 fully saturated rings. The van der Waals surface area contributed by atoms with E-state index in [1.165, 1.54) is 225 Å². The molecule has 0 heterocycles. The van der Waals surface area contributed by atoms with Gasteiger partial charge in [-0.2, -0.15) is 0 Å². The Labute approximate surface area is 334 Å². The van der Waals surface area contributed by atoms with E-state index in [4.69, 9.17) is 9.47 Å². The molecule has 0 aromatic carbocycles. The second-order valence-corrected chi connectivity index (χ2v) is 16.3. The van der Waals surface area contributed by atoms with E-state index in [2.05, 4.69) is 27.7 Å². The lowest BCUT2D eigenvalue weighted by atomic mass is 10.0. The normalized spacial score (nSPS) is 11.0. The lowest BCUT2D eigenvalue weighted by molar-refractivity contribution is -0.144. The Bertz CT molecular complexity index is 677. The number of carbonyl (C=O) groups excluding carboxylic acids is 2. The van der Waals surface area contributed by atoms with Crippen molar-refractivity contribution in [3.05, 3.63) is 0 Å². The first kappa shape index (κ1) is 54.0. The van der Waals surface area contributed by atoms with E-state index in [9.17, 15) is 9.59 Å². The highest BCUT2D eigenvalue weighted by molar-refractivity contribution is 5.69. The maximum Gasteiger partial charge on any atom is 0.305 e. The van der Waals surface area contributed by atoms with E-state index in [0.717, 1.165) is 25.7 Å². The van der Waals surface area contributed by atoms with Crippen molar-refractivity contribution in [1.29, 1.82) is 0 Å². The van der Waals surface area contributed by atoms with Crippen LogP contribution in [0.25, 0.3) is 0 Å². The summed E-state index contributed by atoms with van der Waals surface area (Å²) in [4.78, 5) is 23.3. The van der Waals surface area contributed by atoms with Gasteiger partial charge in [-0.1, -0.05) is 252 Å². The van der Waals surface area contributed by atoms with Crippen LogP contribution in [-0.2, 0) is 19.1 Å². The molecular weight excluding hydrogens is 653 g/mol. The van der Waals surface area contributed by atoms with E-state index in [1.807, 2.05) is 0 Å². The highest BCUT2D eigenvalue weighted by Crippen LogP contribution is 2.15. The van der Waals surface area contributed by atoms with Crippen molar-refractivity contribution in [2.24, 2.45) is 0 Å². The van der Waals surface area contributed by atoms with Gasteiger partial charge in [0.05, 0.1) is 13.2 Å². The molecule has 0 aliphatic rings. The van der Waals surface area contributed by atoms with Crippen molar-refractivity contribution in [3.63, 3.8) is 0 Å². The van der Waals surface area contributed by atoms with Crippen LogP contribution in [0, 0.1) is 0 Å². The van der Waals surface area contributed by atoms with Gasteiger partial charge >= 0.3 is 11.9 Å². The summed E-state index contributed by atoms with van der Waals surface area (Å²) in [6.07, 6.45) is 52.6. The molecule has 0 saturated carbocycles. The number of unbranched alkanes of at least 4 members (excludes halogenated alkanes) is 35. The number of esters is 2. The molecule has 0 atom stereocenters. The van der Waals surface area contributed by atoms with Crippen molar-refractivity contribution < 1.29 is 19.1 Å². The zero-order valence-electron chi connectivity index (χ0n) is 37.0. The molecule has 0 aromatic rings. The van der Waals surface area contributed by atoms with Crippen LogP contribution in [0.2, 0.25) is 0 Å². The van der Waals surface area contributed by atoms with Crippen LogP contribution >= 0.6 is 0 Å². The van der Waals surface area contributed by atoms with Crippen LogP contribution in [0.1, 0.15) is 291 Å². The second-order valence-electron chi connectivity index (χ2n) is 16.3. The molecule has 0 spiro atoms. The first-order chi connectivity index (χ1) is 26.1. The Morgan fingerprint density at radius 1 is 0.245 bits per heavy atom. The molecule has 0 N–H and O–H groups in total. The molecule has 0 aliphatic carbocycles. The third-order valence-electron chi connectivity index (χ3n) is 10.7. The van der Waals surface area contributed by atoms with Crippen molar-refractivity contribution in [2.45, 2.75) is 291 Å². The molecule has 0 aromatic heterocycles. The molecule has 4 nitrogen and oxygen atoms in total. The standard InChI is InChI=1S/C25H50O2.C24H48O2/c1-3-5-7-9-11-12-13-14-15-16-17-18-20-22-24-27-25(26)23-21-19-10-8-6-4-2;1-3-5-7-9-11-12-13-14-15-16-17-19-21-23-26-24(25)22-20-18-10-8-6-4-2/h3-24H2,1-2H3;3-23H2,1-2H3. The van der Waals surface area contributed by atoms with Crippen molar-refractivity contribution >= 4 is 11.9 Å². The Morgan fingerprint density at radius 2 is 0.415 bits per heavy atom. The second kappa shape index (κ2) is 50.9. The third-order valence-corrected chi connectivity index (χ3v) is 10.7. The molecule has 0 aliphatic heterocycles. The first-order valence-corrected chi connectivity index (χ1v) is 24.4. The van der Waals surface area contributed by atoms with Gasteiger partial charge in [-0.15, -0.1) is 0 Å². The lowest BCUT2D eigenvalue weighted by Crippen LogP contribution is -2.05.